The molecule has 22 heavy (non-hydrogen) atoms. The second-order valence-electron chi connectivity index (χ2n) is 4.29. The van der Waals surface area contributed by atoms with Crippen molar-refractivity contribution in [2.75, 3.05) is 5.32 Å². The summed E-state index contributed by atoms with van der Waals surface area (Å²) in [7, 11) is 0. The van der Waals surface area contributed by atoms with Crippen LogP contribution >= 0.6 is 0 Å². The molecule has 3 rings (SSSR count). The van der Waals surface area contributed by atoms with Gasteiger partial charge in [-0.1, -0.05) is 0 Å². The molecule has 0 spiro atoms. The van der Waals surface area contributed by atoms with Gasteiger partial charge in [-0.05, 0) is 18.2 Å². The maximum Gasteiger partial charge on any atom is 0.274 e. The Morgan fingerprint density at radius 2 is 2.00 bits per heavy atom. The van der Waals surface area contributed by atoms with Crippen LogP contribution in [0.5, 0.6) is 0 Å². The van der Waals surface area contributed by atoms with Crippen molar-refractivity contribution in [2.24, 2.45) is 0 Å². The summed E-state index contributed by atoms with van der Waals surface area (Å²) >= 11 is 0. The van der Waals surface area contributed by atoms with Crippen molar-refractivity contribution >= 4 is 11.6 Å². The Bertz CT molecular complexity index is 820. The Kier molecular flexibility index (Phi) is 3.57. The van der Waals surface area contributed by atoms with E-state index in [-0.39, 0.29) is 17.3 Å². The number of nitrogens with one attached hydrogen (secondary N) is 1. The number of halogens is 2. The molecule has 2 aromatic heterocycles. The van der Waals surface area contributed by atoms with E-state index in [4.69, 9.17) is 0 Å². The van der Waals surface area contributed by atoms with Crippen molar-refractivity contribution in [1.82, 2.24) is 19.5 Å². The molecule has 0 aliphatic rings. The zero-order valence-corrected chi connectivity index (χ0v) is 11.1. The molecule has 0 aliphatic carbocycles. The van der Waals surface area contributed by atoms with E-state index in [1.165, 1.54) is 29.2 Å². The summed E-state index contributed by atoms with van der Waals surface area (Å²) in [6, 6.07) is 4.50. The van der Waals surface area contributed by atoms with Crippen molar-refractivity contribution < 1.29 is 13.6 Å². The minimum Gasteiger partial charge on any atom is -0.321 e. The summed E-state index contributed by atoms with van der Waals surface area (Å²) in [6.45, 7) is 0. The van der Waals surface area contributed by atoms with Crippen LogP contribution in [0.15, 0.2) is 49.2 Å². The van der Waals surface area contributed by atoms with Crippen LogP contribution in [0.4, 0.5) is 14.5 Å². The first-order valence-electron chi connectivity index (χ1n) is 6.21. The molecule has 0 unspecified atom stereocenters. The number of anilines is 1. The maximum absolute atomic E-state index is 13.1. The van der Waals surface area contributed by atoms with Crippen LogP contribution in [-0.4, -0.2) is 25.4 Å². The van der Waals surface area contributed by atoms with Gasteiger partial charge in [-0.3, -0.25) is 9.36 Å². The zero-order chi connectivity index (χ0) is 15.5. The Labute approximate surface area is 123 Å². The van der Waals surface area contributed by atoms with Gasteiger partial charge in [0.25, 0.3) is 5.91 Å². The molecule has 0 bridgehead atoms. The van der Waals surface area contributed by atoms with E-state index in [9.17, 15) is 13.6 Å². The van der Waals surface area contributed by atoms with Gasteiger partial charge < -0.3 is 5.32 Å². The van der Waals surface area contributed by atoms with Gasteiger partial charge in [-0.2, -0.15) is 0 Å². The first-order chi connectivity index (χ1) is 10.6. The van der Waals surface area contributed by atoms with Gasteiger partial charge in [-0.25, -0.2) is 23.7 Å². The highest BCUT2D eigenvalue weighted by Gasteiger charge is 2.11. The monoisotopic (exact) mass is 301 g/mol. The van der Waals surface area contributed by atoms with Gasteiger partial charge in [0.15, 0.2) is 11.6 Å². The lowest BCUT2D eigenvalue weighted by molar-refractivity contribution is 0.102. The number of rotatable bonds is 3. The van der Waals surface area contributed by atoms with Gasteiger partial charge in [0.2, 0.25) is 5.95 Å². The highest BCUT2D eigenvalue weighted by molar-refractivity contribution is 6.02. The SMILES string of the molecule is O=C(Nc1ccc(F)c(F)c1)c1ccnc(-n2ccnc2)n1. The first-order valence-corrected chi connectivity index (χ1v) is 6.21. The van der Waals surface area contributed by atoms with Crippen molar-refractivity contribution in [1.29, 1.82) is 0 Å². The number of hydrogen-bond donors (Lipinski definition) is 1. The Balaban J connectivity index is 1.83. The highest BCUT2D eigenvalue weighted by atomic mass is 19.2. The molecular formula is C14H9F2N5O. The molecule has 110 valence electrons. The fourth-order valence-electron chi connectivity index (χ4n) is 1.75. The van der Waals surface area contributed by atoms with Gasteiger partial charge in [-0.15, -0.1) is 0 Å². The van der Waals surface area contributed by atoms with Crippen LogP contribution in [0, 0.1) is 11.6 Å². The standard InChI is InChI=1S/C14H9F2N5O/c15-10-2-1-9(7-11(10)16)19-13(22)12-3-4-18-14(20-12)21-6-5-17-8-21/h1-8H,(H,19,22). The van der Waals surface area contributed by atoms with Crippen molar-refractivity contribution in [3.8, 4) is 5.95 Å². The number of aromatic nitrogens is 4. The average molecular weight is 301 g/mol. The van der Waals surface area contributed by atoms with Gasteiger partial charge in [0, 0.05) is 30.3 Å². The molecule has 0 saturated heterocycles. The third-order valence-electron chi connectivity index (χ3n) is 2.79. The number of benzene rings is 1. The lowest BCUT2D eigenvalue weighted by atomic mass is 10.3. The van der Waals surface area contributed by atoms with E-state index in [0.29, 0.717) is 0 Å². The molecule has 8 heteroatoms. The summed E-state index contributed by atoms with van der Waals surface area (Å²) in [5, 5.41) is 2.44. The Morgan fingerprint density at radius 3 is 2.73 bits per heavy atom. The molecule has 0 saturated carbocycles. The summed E-state index contributed by atoms with van der Waals surface area (Å²) < 4.78 is 27.5. The lowest BCUT2D eigenvalue weighted by Crippen LogP contribution is -2.15. The predicted octanol–water partition coefficient (Wildman–Crippen LogP) is 2.19. The van der Waals surface area contributed by atoms with Crippen LogP contribution in [0.1, 0.15) is 10.5 Å². The number of imidazole rings is 1. The molecule has 0 atom stereocenters. The van der Waals surface area contributed by atoms with Crippen LogP contribution in [0.2, 0.25) is 0 Å². The second-order valence-corrected chi connectivity index (χ2v) is 4.29. The van der Waals surface area contributed by atoms with Crippen LogP contribution in [0.25, 0.3) is 5.95 Å². The first kappa shape index (κ1) is 13.8. The largest absolute Gasteiger partial charge is 0.321 e. The van der Waals surface area contributed by atoms with Crippen LogP contribution < -0.4 is 5.32 Å². The third kappa shape index (κ3) is 2.80. The summed E-state index contributed by atoms with van der Waals surface area (Å²) in [5.74, 6) is -2.31. The average Bonchev–Trinajstić information content (AvgIpc) is 3.05. The second kappa shape index (κ2) is 5.68. The zero-order valence-electron chi connectivity index (χ0n) is 11.1. The number of carbonyl (C=O) groups excluding carboxylic acids is 1. The predicted molar refractivity (Wildman–Crippen MR) is 73.5 cm³/mol. The van der Waals surface area contributed by atoms with Crippen molar-refractivity contribution in [2.45, 2.75) is 0 Å². The number of nitrogens with zero attached hydrogens (tertiary/aromatic N) is 4. The van der Waals surface area contributed by atoms with E-state index in [2.05, 4.69) is 20.3 Å². The summed E-state index contributed by atoms with van der Waals surface area (Å²) in [4.78, 5) is 24.1. The molecule has 1 N–H and O–H groups in total. The van der Waals surface area contributed by atoms with Gasteiger partial charge >= 0.3 is 0 Å². The van der Waals surface area contributed by atoms with E-state index >= 15 is 0 Å². The molecular weight excluding hydrogens is 292 g/mol. The van der Waals surface area contributed by atoms with Gasteiger partial charge in [0.05, 0.1) is 0 Å². The van der Waals surface area contributed by atoms with Gasteiger partial charge in [0.1, 0.15) is 12.0 Å². The smallest absolute Gasteiger partial charge is 0.274 e. The quantitative estimate of drug-likeness (QED) is 0.805. The molecule has 6 nitrogen and oxygen atoms in total. The number of amides is 1. The van der Waals surface area contributed by atoms with E-state index in [1.54, 1.807) is 12.4 Å². The minimum atomic E-state index is -1.04. The maximum atomic E-state index is 13.1. The molecule has 1 aromatic carbocycles. The van der Waals surface area contributed by atoms with Crippen molar-refractivity contribution in [3.05, 3.63) is 66.5 Å². The molecule has 2 heterocycles. The third-order valence-corrected chi connectivity index (χ3v) is 2.79. The number of hydrogen-bond acceptors (Lipinski definition) is 4. The molecule has 0 fully saturated rings. The fourth-order valence-corrected chi connectivity index (χ4v) is 1.75. The molecule has 1 amide bonds. The Hall–Kier alpha value is -3.16. The molecule has 3 aromatic rings. The van der Waals surface area contributed by atoms with E-state index in [1.807, 2.05) is 0 Å². The van der Waals surface area contributed by atoms with Crippen molar-refractivity contribution in [3.63, 3.8) is 0 Å². The van der Waals surface area contributed by atoms with E-state index < -0.39 is 17.5 Å². The normalized spacial score (nSPS) is 10.5. The highest BCUT2D eigenvalue weighted by Crippen LogP contribution is 2.14. The topological polar surface area (TPSA) is 72.7 Å². The van der Waals surface area contributed by atoms with E-state index in [0.717, 1.165) is 12.1 Å². The number of carbonyl (C=O) groups is 1. The van der Waals surface area contributed by atoms with Crippen LogP contribution in [-0.2, 0) is 0 Å². The Morgan fingerprint density at radius 1 is 1.14 bits per heavy atom. The lowest BCUT2D eigenvalue weighted by Gasteiger charge is -2.06. The fraction of sp³-hybridized carbons (Fsp3) is 0. The summed E-state index contributed by atoms with van der Waals surface area (Å²) in [6.07, 6.45) is 6.10. The molecule has 0 aliphatic heterocycles. The van der Waals surface area contributed by atoms with Crippen LogP contribution in [0.3, 0.4) is 0 Å². The summed E-state index contributed by atoms with van der Waals surface area (Å²) in [5.41, 5.74) is 0.218. The molecule has 0 radical (unpaired) electrons. The minimum absolute atomic E-state index is 0.0865.